The molecule has 0 radical (unpaired) electrons. The van der Waals surface area contributed by atoms with Crippen LogP contribution in [-0.4, -0.2) is 23.4 Å². The first-order chi connectivity index (χ1) is 9.20. The van der Waals surface area contributed by atoms with Crippen molar-refractivity contribution in [2.45, 2.75) is 13.0 Å². The Morgan fingerprint density at radius 2 is 2.32 bits per heavy atom. The Bertz CT molecular complexity index is 528. The third-order valence-electron chi connectivity index (χ3n) is 2.76. The van der Waals surface area contributed by atoms with Crippen LogP contribution in [-0.2, 0) is 6.54 Å². The average molecular weight is 264 g/mol. The quantitative estimate of drug-likeness (QED) is 0.619. The predicted molar refractivity (Wildman–Crippen MR) is 72.7 cm³/mol. The number of nitrogens with zero attached hydrogens (tertiary/aromatic N) is 2. The Morgan fingerprint density at radius 3 is 3.00 bits per heavy atom. The van der Waals surface area contributed by atoms with Crippen LogP contribution in [0.2, 0.25) is 0 Å². The van der Waals surface area contributed by atoms with Crippen molar-refractivity contribution in [3.05, 3.63) is 36.4 Å². The summed E-state index contributed by atoms with van der Waals surface area (Å²) in [5, 5.41) is 7.28. The van der Waals surface area contributed by atoms with Crippen molar-refractivity contribution in [2.75, 3.05) is 24.7 Å². The molecule has 2 rings (SSSR count). The van der Waals surface area contributed by atoms with Gasteiger partial charge in [-0.1, -0.05) is 0 Å². The smallest absolute Gasteiger partial charge is 0.167 e. The van der Waals surface area contributed by atoms with Gasteiger partial charge >= 0.3 is 0 Å². The van der Waals surface area contributed by atoms with E-state index in [0.717, 1.165) is 19.5 Å². The topological polar surface area (TPSA) is 65.1 Å². The maximum absolute atomic E-state index is 13.4. The van der Waals surface area contributed by atoms with Crippen molar-refractivity contribution in [3.63, 3.8) is 0 Å². The van der Waals surface area contributed by atoms with Crippen molar-refractivity contribution in [2.24, 2.45) is 0 Å². The zero-order valence-corrected chi connectivity index (χ0v) is 10.8. The molecule has 0 aliphatic heterocycles. The minimum absolute atomic E-state index is 0.184. The summed E-state index contributed by atoms with van der Waals surface area (Å²) in [6.07, 6.45) is 4.55. The number of rotatable bonds is 6. The number of anilines is 2. The number of nitrogen functional groups attached to an aromatic ring is 1. The standard InChI is InChI=1S/C13H17FN4O/c1-19-13-9-12(11(15)8-10(13)14)16-4-2-6-18-7-3-5-17-18/h3,5,7-9,16H,2,4,6,15H2,1H3. The molecule has 1 aromatic heterocycles. The number of nitrogens with one attached hydrogen (secondary N) is 1. The number of halogens is 1. The fraction of sp³-hybridized carbons (Fsp3) is 0.308. The highest BCUT2D eigenvalue weighted by atomic mass is 19.1. The van der Waals surface area contributed by atoms with Crippen LogP contribution in [0, 0.1) is 5.82 Å². The lowest BCUT2D eigenvalue weighted by atomic mass is 10.2. The van der Waals surface area contributed by atoms with Gasteiger partial charge < -0.3 is 15.8 Å². The summed E-state index contributed by atoms with van der Waals surface area (Å²) in [6, 6.07) is 4.71. The molecule has 0 aliphatic rings. The lowest BCUT2D eigenvalue weighted by molar-refractivity contribution is 0.387. The first-order valence-corrected chi connectivity index (χ1v) is 6.05. The highest BCUT2D eigenvalue weighted by molar-refractivity contribution is 5.68. The summed E-state index contributed by atoms with van der Waals surface area (Å²) in [5.74, 6) is -0.272. The molecule has 0 unspecified atom stereocenters. The molecular weight excluding hydrogens is 247 g/mol. The first-order valence-electron chi connectivity index (χ1n) is 6.05. The number of methoxy groups -OCH3 is 1. The molecule has 0 saturated heterocycles. The monoisotopic (exact) mass is 264 g/mol. The molecule has 0 spiro atoms. The Labute approximate surface area is 111 Å². The molecule has 3 N–H and O–H groups in total. The second-order valence-corrected chi connectivity index (χ2v) is 4.12. The molecule has 102 valence electrons. The van der Waals surface area contributed by atoms with Crippen molar-refractivity contribution in [1.82, 2.24) is 9.78 Å². The van der Waals surface area contributed by atoms with Gasteiger partial charge in [0.25, 0.3) is 0 Å². The van der Waals surface area contributed by atoms with Gasteiger partial charge in [-0.15, -0.1) is 0 Å². The van der Waals surface area contributed by atoms with Crippen LogP contribution in [0.3, 0.4) is 0 Å². The van der Waals surface area contributed by atoms with Crippen LogP contribution in [0.15, 0.2) is 30.6 Å². The number of ether oxygens (including phenoxy) is 1. The summed E-state index contributed by atoms with van der Waals surface area (Å²) >= 11 is 0. The van der Waals surface area contributed by atoms with Crippen molar-refractivity contribution in [3.8, 4) is 5.75 Å². The second kappa shape index (κ2) is 6.08. The van der Waals surface area contributed by atoms with Crippen LogP contribution < -0.4 is 15.8 Å². The maximum Gasteiger partial charge on any atom is 0.167 e. The Kier molecular flexibility index (Phi) is 4.22. The van der Waals surface area contributed by atoms with Gasteiger partial charge in [-0.05, 0) is 12.5 Å². The zero-order valence-electron chi connectivity index (χ0n) is 10.8. The third kappa shape index (κ3) is 3.37. The molecule has 1 heterocycles. The number of hydrogen-bond donors (Lipinski definition) is 2. The van der Waals surface area contributed by atoms with E-state index in [0.29, 0.717) is 11.4 Å². The van der Waals surface area contributed by atoms with Gasteiger partial charge in [0.2, 0.25) is 0 Å². The van der Waals surface area contributed by atoms with E-state index in [4.69, 9.17) is 10.5 Å². The third-order valence-corrected chi connectivity index (χ3v) is 2.76. The first kappa shape index (κ1) is 13.2. The summed E-state index contributed by atoms with van der Waals surface area (Å²) in [6.45, 7) is 1.54. The molecule has 0 saturated carbocycles. The van der Waals surface area contributed by atoms with E-state index < -0.39 is 5.82 Å². The van der Waals surface area contributed by atoms with E-state index in [-0.39, 0.29) is 5.75 Å². The average Bonchev–Trinajstić information content (AvgIpc) is 2.90. The van der Waals surface area contributed by atoms with Gasteiger partial charge in [-0.2, -0.15) is 5.10 Å². The van der Waals surface area contributed by atoms with Gasteiger partial charge in [0.05, 0.1) is 18.5 Å². The van der Waals surface area contributed by atoms with Gasteiger partial charge in [0.1, 0.15) is 0 Å². The maximum atomic E-state index is 13.4. The number of aromatic nitrogens is 2. The highest BCUT2D eigenvalue weighted by Gasteiger charge is 2.07. The van der Waals surface area contributed by atoms with Crippen LogP contribution in [0.25, 0.3) is 0 Å². The summed E-state index contributed by atoms with van der Waals surface area (Å²) < 4.78 is 20.1. The normalized spacial score (nSPS) is 10.4. The van der Waals surface area contributed by atoms with E-state index in [9.17, 15) is 4.39 Å². The summed E-state index contributed by atoms with van der Waals surface area (Å²) in [4.78, 5) is 0. The molecule has 6 heteroatoms. The van der Waals surface area contributed by atoms with E-state index in [2.05, 4.69) is 10.4 Å². The van der Waals surface area contributed by atoms with Gasteiger partial charge in [0.15, 0.2) is 11.6 Å². The molecule has 0 amide bonds. The molecular formula is C13H17FN4O. The Balaban J connectivity index is 1.88. The van der Waals surface area contributed by atoms with Crippen LogP contribution in [0.4, 0.5) is 15.8 Å². The Hall–Kier alpha value is -2.24. The van der Waals surface area contributed by atoms with Gasteiger partial charge in [-0.25, -0.2) is 4.39 Å². The van der Waals surface area contributed by atoms with Gasteiger partial charge in [0, 0.05) is 37.6 Å². The second-order valence-electron chi connectivity index (χ2n) is 4.12. The minimum Gasteiger partial charge on any atom is -0.494 e. The van der Waals surface area contributed by atoms with Crippen molar-refractivity contribution in [1.29, 1.82) is 0 Å². The largest absolute Gasteiger partial charge is 0.494 e. The number of nitrogens with two attached hydrogens (primary N) is 1. The molecule has 0 bridgehead atoms. The minimum atomic E-state index is -0.456. The highest BCUT2D eigenvalue weighted by Crippen LogP contribution is 2.27. The molecule has 19 heavy (non-hydrogen) atoms. The van der Waals surface area contributed by atoms with E-state index in [1.54, 1.807) is 12.3 Å². The van der Waals surface area contributed by atoms with Crippen molar-refractivity contribution < 1.29 is 9.13 Å². The molecule has 2 aromatic rings. The molecule has 1 aromatic carbocycles. The molecule has 0 fully saturated rings. The van der Waals surface area contributed by atoms with Crippen LogP contribution >= 0.6 is 0 Å². The molecule has 0 atom stereocenters. The van der Waals surface area contributed by atoms with E-state index in [1.165, 1.54) is 13.2 Å². The van der Waals surface area contributed by atoms with E-state index >= 15 is 0 Å². The van der Waals surface area contributed by atoms with E-state index in [1.807, 2.05) is 16.9 Å². The fourth-order valence-corrected chi connectivity index (χ4v) is 1.78. The fourth-order valence-electron chi connectivity index (χ4n) is 1.78. The number of hydrogen-bond acceptors (Lipinski definition) is 4. The Morgan fingerprint density at radius 1 is 1.47 bits per heavy atom. The van der Waals surface area contributed by atoms with Crippen LogP contribution in [0.5, 0.6) is 5.75 Å². The summed E-state index contributed by atoms with van der Waals surface area (Å²) in [5.41, 5.74) is 6.80. The van der Waals surface area contributed by atoms with Crippen molar-refractivity contribution >= 4 is 11.4 Å². The number of benzene rings is 1. The lowest BCUT2D eigenvalue weighted by Crippen LogP contribution is -2.09. The zero-order chi connectivity index (χ0) is 13.7. The van der Waals surface area contributed by atoms with Crippen LogP contribution in [0.1, 0.15) is 6.42 Å². The molecule has 5 nitrogen and oxygen atoms in total. The lowest BCUT2D eigenvalue weighted by Gasteiger charge is -2.11. The summed E-state index contributed by atoms with van der Waals surface area (Å²) in [7, 11) is 1.43. The van der Waals surface area contributed by atoms with Gasteiger partial charge in [-0.3, -0.25) is 4.68 Å². The molecule has 0 aliphatic carbocycles. The number of aryl methyl sites for hydroxylation is 1. The SMILES string of the molecule is COc1cc(NCCCn2cccn2)c(N)cc1F. The predicted octanol–water partition coefficient (Wildman–Crippen LogP) is 2.12.